The number of carbonyl (C=O) groups is 1. The van der Waals surface area contributed by atoms with Crippen LogP contribution in [0, 0.1) is 6.92 Å². The monoisotopic (exact) mass is 478 g/mol. The van der Waals surface area contributed by atoms with Gasteiger partial charge in [0, 0.05) is 44.5 Å². The van der Waals surface area contributed by atoms with Gasteiger partial charge in [0.05, 0.1) is 31.1 Å². The van der Waals surface area contributed by atoms with Gasteiger partial charge in [0.2, 0.25) is 0 Å². The Morgan fingerprint density at radius 3 is 2.86 bits per heavy atom. The summed E-state index contributed by atoms with van der Waals surface area (Å²) in [5.74, 6) is 0. The van der Waals surface area contributed by atoms with Crippen molar-refractivity contribution >= 4 is 17.2 Å². The summed E-state index contributed by atoms with van der Waals surface area (Å²) in [6.07, 6.45) is 4.59. The number of morpholine rings is 1. The van der Waals surface area contributed by atoms with Crippen molar-refractivity contribution < 1.29 is 13.9 Å². The molecule has 0 aliphatic carbocycles. The van der Waals surface area contributed by atoms with E-state index in [0.29, 0.717) is 52.2 Å². The van der Waals surface area contributed by atoms with Crippen molar-refractivity contribution in [3.63, 3.8) is 0 Å². The van der Waals surface area contributed by atoms with E-state index in [4.69, 9.17) is 9.72 Å². The van der Waals surface area contributed by atoms with Gasteiger partial charge in [0.15, 0.2) is 5.65 Å². The molecule has 2 aromatic heterocycles. The number of urea groups is 1. The highest BCUT2D eigenvalue weighted by Gasteiger charge is 2.31. The number of rotatable bonds is 2. The Bertz CT molecular complexity index is 1250. The molecule has 2 amide bonds. The van der Waals surface area contributed by atoms with Gasteiger partial charge in [-0.25, -0.2) is 19.2 Å². The zero-order valence-corrected chi connectivity index (χ0v) is 20.0. The molecule has 6 rings (SSSR count). The third kappa shape index (κ3) is 4.27. The quantitative estimate of drug-likeness (QED) is 0.589. The number of likely N-dealkylation sites (tertiary alicyclic amines) is 1. The zero-order valence-electron chi connectivity index (χ0n) is 20.0. The number of nitrogens with one attached hydrogen (secondary N) is 2. The lowest BCUT2D eigenvalue weighted by atomic mass is 9.88. The van der Waals surface area contributed by atoms with Crippen LogP contribution in [0.3, 0.4) is 0 Å². The van der Waals surface area contributed by atoms with E-state index in [9.17, 15) is 9.18 Å². The van der Waals surface area contributed by atoms with Crippen LogP contribution in [0.5, 0.6) is 0 Å². The molecule has 2 N–H and O–H groups in total. The number of hydrogen-bond donors (Lipinski definition) is 2. The van der Waals surface area contributed by atoms with Crippen LogP contribution in [0.2, 0.25) is 0 Å². The van der Waals surface area contributed by atoms with E-state index in [1.807, 2.05) is 24.2 Å². The number of aromatic amines is 1. The van der Waals surface area contributed by atoms with Crippen LogP contribution >= 0.6 is 0 Å². The molecule has 3 aliphatic heterocycles. The maximum absolute atomic E-state index is 13.6. The van der Waals surface area contributed by atoms with Gasteiger partial charge in [-0.3, -0.25) is 0 Å². The van der Waals surface area contributed by atoms with Gasteiger partial charge < -0.3 is 24.8 Å². The van der Waals surface area contributed by atoms with E-state index < -0.39 is 6.17 Å². The molecule has 0 radical (unpaired) electrons. The summed E-state index contributed by atoms with van der Waals surface area (Å²) in [5, 5.41) is 3.59. The van der Waals surface area contributed by atoms with E-state index >= 15 is 0 Å². The van der Waals surface area contributed by atoms with Gasteiger partial charge in [-0.1, -0.05) is 0 Å². The lowest BCUT2D eigenvalue weighted by molar-refractivity contribution is 0.0761. The van der Waals surface area contributed by atoms with Crippen LogP contribution < -0.4 is 5.32 Å². The van der Waals surface area contributed by atoms with Crippen LogP contribution in [0.25, 0.3) is 22.4 Å². The molecule has 5 heterocycles. The van der Waals surface area contributed by atoms with Crippen LogP contribution in [0.4, 0.5) is 9.18 Å². The van der Waals surface area contributed by atoms with Gasteiger partial charge >= 0.3 is 6.03 Å². The number of hydrogen-bond acceptors (Lipinski definition) is 5. The molecule has 0 unspecified atom stereocenters. The zero-order chi connectivity index (χ0) is 23.9. The Morgan fingerprint density at radius 2 is 2.06 bits per heavy atom. The second-order valence-electron chi connectivity index (χ2n) is 9.82. The number of ether oxygens (including phenoxy) is 1. The molecule has 8 nitrogen and oxygen atoms in total. The van der Waals surface area contributed by atoms with Gasteiger partial charge in [0.25, 0.3) is 0 Å². The van der Waals surface area contributed by atoms with Crippen LogP contribution in [0.15, 0.2) is 24.5 Å². The van der Waals surface area contributed by atoms with E-state index in [1.165, 1.54) is 11.1 Å². The average molecular weight is 479 g/mol. The van der Waals surface area contributed by atoms with Crippen molar-refractivity contribution in [2.24, 2.45) is 0 Å². The van der Waals surface area contributed by atoms with Crippen molar-refractivity contribution in [3.05, 3.63) is 46.8 Å². The number of fused-ring (bicyclic) bond motifs is 2. The molecular formula is C26H31FN6O2. The summed E-state index contributed by atoms with van der Waals surface area (Å²) in [7, 11) is 0. The third-order valence-electron chi connectivity index (χ3n) is 7.51. The molecule has 3 aliphatic rings. The standard InChI is InChI=1S/C26H31FN6O2/c1-16-12-29-25-24(16)31-22(13-30-25)18-10-17-2-6-33(26(34)32-7-3-19(27)4-8-32)14-21(17)20(11-18)23-15-35-9-5-28-23/h10-13,19,23,28H,2-9,14-15H2,1H3,(H,29,30)/t23-/m0/s1. The minimum atomic E-state index is -0.791. The van der Waals surface area contributed by atoms with Gasteiger partial charge in [-0.2, -0.15) is 0 Å². The van der Waals surface area contributed by atoms with Gasteiger partial charge in [0.1, 0.15) is 11.7 Å². The highest BCUT2D eigenvalue weighted by atomic mass is 19.1. The fraction of sp³-hybridized carbons (Fsp3) is 0.500. The molecule has 2 fully saturated rings. The minimum Gasteiger partial charge on any atom is -0.378 e. The topological polar surface area (TPSA) is 86.4 Å². The van der Waals surface area contributed by atoms with Crippen LogP contribution in [-0.2, 0) is 17.7 Å². The summed E-state index contributed by atoms with van der Waals surface area (Å²) in [6, 6.07) is 4.47. The molecule has 2 saturated heterocycles. The Labute approximate surface area is 203 Å². The highest BCUT2D eigenvalue weighted by Crippen LogP contribution is 2.34. The van der Waals surface area contributed by atoms with Crippen LogP contribution in [-0.4, -0.2) is 76.3 Å². The van der Waals surface area contributed by atoms with E-state index in [2.05, 4.69) is 27.4 Å². The Balaban J connectivity index is 1.35. The van der Waals surface area contributed by atoms with E-state index in [1.54, 1.807) is 4.90 Å². The second kappa shape index (κ2) is 9.20. The fourth-order valence-corrected chi connectivity index (χ4v) is 5.48. The fourth-order valence-electron chi connectivity index (χ4n) is 5.48. The largest absolute Gasteiger partial charge is 0.378 e. The Kier molecular flexibility index (Phi) is 5.89. The number of benzene rings is 1. The number of aryl methyl sites for hydroxylation is 1. The van der Waals surface area contributed by atoms with Gasteiger partial charge in [-0.05, 0) is 60.6 Å². The first-order valence-electron chi connectivity index (χ1n) is 12.5. The van der Waals surface area contributed by atoms with Crippen molar-refractivity contribution in [1.29, 1.82) is 0 Å². The van der Waals surface area contributed by atoms with Crippen molar-refractivity contribution in [2.45, 2.75) is 44.9 Å². The molecule has 35 heavy (non-hydrogen) atoms. The first-order valence-corrected chi connectivity index (χ1v) is 12.5. The number of amides is 2. The van der Waals surface area contributed by atoms with Crippen LogP contribution in [0.1, 0.15) is 41.1 Å². The molecule has 0 spiro atoms. The van der Waals surface area contributed by atoms with Gasteiger partial charge in [-0.15, -0.1) is 0 Å². The second-order valence-corrected chi connectivity index (χ2v) is 9.82. The lowest BCUT2D eigenvalue weighted by Gasteiger charge is -2.38. The summed E-state index contributed by atoms with van der Waals surface area (Å²) in [4.78, 5) is 29.6. The molecule has 1 aromatic carbocycles. The number of alkyl halides is 1. The van der Waals surface area contributed by atoms with Crippen molar-refractivity contribution in [3.8, 4) is 11.3 Å². The number of nitrogens with zero attached hydrogens (tertiary/aromatic N) is 4. The first kappa shape index (κ1) is 22.4. The first-order chi connectivity index (χ1) is 17.1. The molecular weight excluding hydrogens is 447 g/mol. The lowest BCUT2D eigenvalue weighted by Crippen LogP contribution is -2.48. The summed E-state index contributed by atoms with van der Waals surface area (Å²) < 4.78 is 19.4. The number of carbonyl (C=O) groups excluding carboxylic acids is 1. The molecule has 3 aromatic rings. The number of H-pyrrole nitrogens is 1. The summed E-state index contributed by atoms with van der Waals surface area (Å²) >= 11 is 0. The molecule has 9 heteroatoms. The van der Waals surface area contributed by atoms with Crippen molar-refractivity contribution in [1.82, 2.24) is 30.1 Å². The number of aromatic nitrogens is 3. The van der Waals surface area contributed by atoms with Crippen molar-refractivity contribution in [2.75, 3.05) is 39.4 Å². The summed E-state index contributed by atoms with van der Waals surface area (Å²) in [5.41, 5.74) is 8.20. The SMILES string of the molecule is Cc1c[nH]c2ncc(-c3cc4c(c([C@@H]5COCCN5)c3)CN(C(=O)N3CCC(F)CC3)CC4)nc12. The Hall–Kier alpha value is -3.04. The Morgan fingerprint density at radius 1 is 1.20 bits per heavy atom. The number of piperidine rings is 1. The average Bonchev–Trinajstić information content (AvgIpc) is 3.28. The van der Waals surface area contributed by atoms with E-state index in [-0.39, 0.29) is 12.1 Å². The highest BCUT2D eigenvalue weighted by molar-refractivity contribution is 5.78. The smallest absolute Gasteiger partial charge is 0.320 e. The summed E-state index contributed by atoms with van der Waals surface area (Å²) in [6.45, 7) is 6.30. The predicted molar refractivity (Wildman–Crippen MR) is 131 cm³/mol. The predicted octanol–water partition coefficient (Wildman–Crippen LogP) is 3.51. The minimum absolute atomic E-state index is 0.0182. The van der Waals surface area contributed by atoms with E-state index in [0.717, 1.165) is 46.5 Å². The number of halogens is 1. The maximum Gasteiger partial charge on any atom is 0.320 e. The normalized spacial score (nSPS) is 21.4. The maximum atomic E-state index is 13.6. The molecule has 0 bridgehead atoms. The molecule has 184 valence electrons. The molecule has 0 saturated carbocycles. The third-order valence-corrected chi connectivity index (χ3v) is 7.51. The molecule has 1 atom stereocenters.